The van der Waals surface area contributed by atoms with Crippen LogP contribution in [0.4, 0.5) is 5.69 Å². The van der Waals surface area contributed by atoms with Gasteiger partial charge in [0.1, 0.15) is 12.4 Å². The van der Waals surface area contributed by atoms with Crippen LogP contribution < -0.4 is 5.32 Å². The van der Waals surface area contributed by atoms with Crippen molar-refractivity contribution < 1.29 is 9.90 Å². The van der Waals surface area contributed by atoms with Gasteiger partial charge in [0.05, 0.1) is 18.1 Å². The van der Waals surface area contributed by atoms with Gasteiger partial charge in [-0.05, 0) is 6.42 Å². The van der Waals surface area contributed by atoms with Crippen LogP contribution in [0.15, 0.2) is 18.7 Å². The molecular weight excluding hydrogens is 170 g/mol. The number of carboxylic acid groups (broad SMARTS) is 1. The van der Waals surface area contributed by atoms with E-state index in [4.69, 9.17) is 5.11 Å². The number of hydrogen-bond acceptors (Lipinski definition) is 4. The molecule has 0 aromatic carbocycles. The van der Waals surface area contributed by atoms with Crippen LogP contribution >= 0.6 is 0 Å². The molecule has 0 radical (unpaired) electrons. The highest BCUT2D eigenvalue weighted by molar-refractivity contribution is 5.76. The predicted octanol–water partition coefficient (Wildman–Crippen LogP) is 0.752. The number of aliphatic carboxylic acids is 1. The van der Waals surface area contributed by atoms with Gasteiger partial charge < -0.3 is 10.4 Å². The van der Waals surface area contributed by atoms with Crippen LogP contribution in [0.5, 0.6) is 0 Å². The maximum absolute atomic E-state index is 10.6. The number of carbonyl (C=O) groups is 1. The SMILES string of the molecule is CCC(Nc1cncnc1)C(=O)O. The summed E-state index contributed by atoms with van der Waals surface area (Å²) in [5.41, 5.74) is 0.622. The number of aromatic nitrogens is 2. The molecule has 2 N–H and O–H groups in total. The van der Waals surface area contributed by atoms with Crippen molar-refractivity contribution in [3.63, 3.8) is 0 Å². The Kier molecular flexibility index (Phi) is 3.19. The molecule has 1 rings (SSSR count). The van der Waals surface area contributed by atoms with Crippen molar-refractivity contribution >= 4 is 11.7 Å². The summed E-state index contributed by atoms with van der Waals surface area (Å²) in [4.78, 5) is 18.2. The molecular formula is C8H11N3O2. The standard InChI is InChI=1S/C8H11N3O2/c1-2-7(8(12)13)11-6-3-9-5-10-4-6/h3-5,7,11H,2H2,1H3,(H,12,13). The van der Waals surface area contributed by atoms with Crippen molar-refractivity contribution in [2.75, 3.05) is 5.32 Å². The van der Waals surface area contributed by atoms with Gasteiger partial charge in [-0.2, -0.15) is 0 Å². The van der Waals surface area contributed by atoms with E-state index in [2.05, 4.69) is 15.3 Å². The zero-order valence-electron chi connectivity index (χ0n) is 7.27. The largest absolute Gasteiger partial charge is 0.480 e. The van der Waals surface area contributed by atoms with Gasteiger partial charge in [0.15, 0.2) is 0 Å². The highest BCUT2D eigenvalue weighted by Crippen LogP contribution is 2.05. The minimum absolute atomic E-state index is 0.518. The summed E-state index contributed by atoms with van der Waals surface area (Å²) >= 11 is 0. The van der Waals surface area contributed by atoms with Gasteiger partial charge in [-0.15, -0.1) is 0 Å². The first kappa shape index (κ1) is 9.44. The fourth-order valence-corrected chi connectivity index (χ4v) is 0.913. The van der Waals surface area contributed by atoms with E-state index < -0.39 is 12.0 Å². The predicted molar refractivity (Wildman–Crippen MR) is 47.4 cm³/mol. The zero-order valence-corrected chi connectivity index (χ0v) is 7.27. The number of carboxylic acids is 1. The zero-order chi connectivity index (χ0) is 9.68. The molecule has 0 aliphatic heterocycles. The van der Waals surface area contributed by atoms with Crippen LogP contribution in [0.25, 0.3) is 0 Å². The highest BCUT2D eigenvalue weighted by Gasteiger charge is 2.13. The van der Waals surface area contributed by atoms with Crippen LogP contribution in [0.1, 0.15) is 13.3 Å². The van der Waals surface area contributed by atoms with E-state index in [-0.39, 0.29) is 0 Å². The van der Waals surface area contributed by atoms with E-state index in [1.165, 1.54) is 6.33 Å². The van der Waals surface area contributed by atoms with Gasteiger partial charge in [0.25, 0.3) is 0 Å². The minimum Gasteiger partial charge on any atom is -0.480 e. The lowest BCUT2D eigenvalue weighted by molar-refractivity contribution is -0.137. The summed E-state index contributed by atoms with van der Waals surface area (Å²) in [7, 11) is 0. The van der Waals surface area contributed by atoms with E-state index in [1.54, 1.807) is 19.3 Å². The van der Waals surface area contributed by atoms with Crippen molar-refractivity contribution in [1.29, 1.82) is 0 Å². The van der Waals surface area contributed by atoms with E-state index >= 15 is 0 Å². The molecule has 13 heavy (non-hydrogen) atoms. The number of anilines is 1. The van der Waals surface area contributed by atoms with Crippen molar-refractivity contribution in [3.8, 4) is 0 Å². The molecule has 0 fully saturated rings. The molecule has 1 heterocycles. The first-order valence-corrected chi connectivity index (χ1v) is 3.98. The quantitative estimate of drug-likeness (QED) is 0.717. The van der Waals surface area contributed by atoms with E-state index in [9.17, 15) is 4.79 Å². The minimum atomic E-state index is -0.869. The molecule has 1 unspecified atom stereocenters. The average molecular weight is 181 g/mol. The summed E-state index contributed by atoms with van der Waals surface area (Å²) in [5.74, 6) is -0.869. The molecule has 0 saturated heterocycles. The fraction of sp³-hybridized carbons (Fsp3) is 0.375. The van der Waals surface area contributed by atoms with Gasteiger partial charge >= 0.3 is 5.97 Å². The summed E-state index contributed by atoms with van der Waals surface area (Å²) < 4.78 is 0. The molecule has 5 nitrogen and oxygen atoms in total. The molecule has 0 spiro atoms. The first-order chi connectivity index (χ1) is 6.24. The third-order valence-electron chi connectivity index (χ3n) is 1.61. The molecule has 0 aliphatic rings. The Morgan fingerprint density at radius 1 is 1.62 bits per heavy atom. The van der Waals surface area contributed by atoms with Crippen molar-refractivity contribution in [3.05, 3.63) is 18.7 Å². The van der Waals surface area contributed by atoms with Crippen LogP contribution in [0, 0.1) is 0 Å². The Morgan fingerprint density at radius 2 is 2.23 bits per heavy atom. The van der Waals surface area contributed by atoms with Crippen LogP contribution in [-0.4, -0.2) is 27.1 Å². The maximum Gasteiger partial charge on any atom is 0.326 e. The summed E-state index contributed by atoms with van der Waals surface area (Å²) in [6.45, 7) is 1.80. The maximum atomic E-state index is 10.6. The van der Waals surface area contributed by atoms with E-state index in [0.29, 0.717) is 12.1 Å². The Hall–Kier alpha value is -1.65. The van der Waals surface area contributed by atoms with Gasteiger partial charge in [-0.1, -0.05) is 6.92 Å². The molecule has 1 atom stereocenters. The number of rotatable bonds is 4. The summed E-state index contributed by atoms with van der Waals surface area (Å²) in [6.07, 6.45) is 4.99. The smallest absolute Gasteiger partial charge is 0.326 e. The third kappa shape index (κ3) is 2.70. The van der Waals surface area contributed by atoms with Crippen molar-refractivity contribution in [2.24, 2.45) is 0 Å². The van der Waals surface area contributed by atoms with Gasteiger partial charge in [-0.25, -0.2) is 14.8 Å². The Balaban J connectivity index is 2.62. The second kappa shape index (κ2) is 4.39. The van der Waals surface area contributed by atoms with Crippen LogP contribution in [0.2, 0.25) is 0 Å². The van der Waals surface area contributed by atoms with Crippen molar-refractivity contribution in [2.45, 2.75) is 19.4 Å². The Morgan fingerprint density at radius 3 is 2.69 bits per heavy atom. The van der Waals surface area contributed by atoms with E-state index in [1.807, 2.05) is 0 Å². The summed E-state index contributed by atoms with van der Waals surface area (Å²) in [6, 6.07) is -0.578. The Labute approximate surface area is 75.8 Å². The highest BCUT2D eigenvalue weighted by atomic mass is 16.4. The Bertz CT molecular complexity index is 276. The second-order valence-corrected chi connectivity index (χ2v) is 2.57. The molecule has 0 saturated carbocycles. The van der Waals surface area contributed by atoms with Crippen molar-refractivity contribution in [1.82, 2.24) is 9.97 Å². The third-order valence-corrected chi connectivity index (χ3v) is 1.61. The van der Waals surface area contributed by atoms with E-state index in [0.717, 1.165) is 0 Å². The lowest BCUT2D eigenvalue weighted by Crippen LogP contribution is -2.28. The van der Waals surface area contributed by atoms with Gasteiger partial charge in [0, 0.05) is 0 Å². The molecule has 0 bridgehead atoms. The molecule has 0 aliphatic carbocycles. The normalized spacial score (nSPS) is 12.1. The summed E-state index contributed by atoms with van der Waals surface area (Å²) in [5, 5.41) is 11.5. The molecule has 0 amide bonds. The lowest BCUT2D eigenvalue weighted by atomic mass is 10.2. The number of hydrogen-bond donors (Lipinski definition) is 2. The molecule has 1 aromatic rings. The second-order valence-electron chi connectivity index (χ2n) is 2.57. The van der Waals surface area contributed by atoms with Gasteiger partial charge in [-0.3, -0.25) is 0 Å². The fourth-order valence-electron chi connectivity index (χ4n) is 0.913. The molecule has 70 valence electrons. The number of nitrogens with one attached hydrogen (secondary N) is 1. The number of nitrogens with zero attached hydrogens (tertiary/aromatic N) is 2. The molecule has 1 aromatic heterocycles. The lowest BCUT2D eigenvalue weighted by Gasteiger charge is -2.12. The topological polar surface area (TPSA) is 75.1 Å². The van der Waals surface area contributed by atoms with Gasteiger partial charge in [0.2, 0.25) is 0 Å². The van der Waals surface area contributed by atoms with Crippen LogP contribution in [-0.2, 0) is 4.79 Å². The monoisotopic (exact) mass is 181 g/mol. The molecule has 5 heteroatoms. The first-order valence-electron chi connectivity index (χ1n) is 3.98. The average Bonchev–Trinajstić information content (AvgIpc) is 2.15. The van der Waals surface area contributed by atoms with Crippen LogP contribution in [0.3, 0.4) is 0 Å².